The van der Waals surface area contributed by atoms with E-state index in [0.717, 1.165) is 16.1 Å². The lowest BCUT2D eigenvalue weighted by molar-refractivity contribution is -0.121. The number of amides is 2. The van der Waals surface area contributed by atoms with Gasteiger partial charge in [-0.25, -0.2) is 9.78 Å². The van der Waals surface area contributed by atoms with Crippen molar-refractivity contribution in [1.82, 2.24) is 15.6 Å². The molecule has 2 N–H and O–H groups in total. The summed E-state index contributed by atoms with van der Waals surface area (Å²) in [5, 5.41) is 8.31. The van der Waals surface area contributed by atoms with E-state index >= 15 is 0 Å². The van der Waals surface area contributed by atoms with Gasteiger partial charge >= 0.3 is 6.09 Å². The van der Waals surface area contributed by atoms with E-state index in [1.807, 2.05) is 29.6 Å². The number of carbonyl (C=O) groups excluding carboxylic acids is 2. The minimum absolute atomic E-state index is 0.125. The average Bonchev–Trinajstić information content (AvgIpc) is 3.06. The molecule has 2 rings (SSSR count). The lowest BCUT2D eigenvalue weighted by atomic mass is 10.1. The number of ether oxygens (including phenoxy) is 1. The summed E-state index contributed by atoms with van der Waals surface area (Å²) in [4.78, 5) is 27.6. The van der Waals surface area contributed by atoms with Crippen LogP contribution >= 0.6 is 11.3 Å². The molecule has 0 spiro atoms. The first kappa shape index (κ1) is 18.9. The smallest absolute Gasteiger partial charge is 0.407 e. The second kappa shape index (κ2) is 8.62. The van der Waals surface area contributed by atoms with E-state index in [0.29, 0.717) is 6.54 Å². The largest absolute Gasteiger partial charge is 0.444 e. The maximum Gasteiger partial charge on any atom is 0.407 e. The monoisotopic (exact) mass is 361 g/mol. The van der Waals surface area contributed by atoms with Crippen molar-refractivity contribution in [1.29, 1.82) is 0 Å². The summed E-state index contributed by atoms with van der Waals surface area (Å²) in [7, 11) is 0. The molecular formula is C18H23N3O3S. The maximum atomic E-state index is 11.8. The second-order valence-electron chi connectivity index (χ2n) is 6.49. The van der Waals surface area contributed by atoms with Crippen molar-refractivity contribution < 1.29 is 14.3 Å². The summed E-state index contributed by atoms with van der Waals surface area (Å²) in [6, 6.07) is 7.92. The minimum atomic E-state index is -0.545. The predicted octanol–water partition coefficient (Wildman–Crippen LogP) is 3.34. The van der Waals surface area contributed by atoms with E-state index in [9.17, 15) is 9.59 Å². The van der Waals surface area contributed by atoms with Gasteiger partial charge in [0.2, 0.25) is 5.91 Å². The molecule has 0 bridgehead atoms. The number of aromatic nitrogens is 1. The van der Waals surface area contributed by atoms with Crippen LogP contribution < -0.4 is 10.6 Å². The number of benzene rings is 1. The summed E-state index contributed by atoms with van der Waals surface area (Å²) >= 11 is 1.59. The Morgan fingerprint density at radius 1 is 1.16 bits per heavy atom. The quantitative estimate of drug-likeness (QED) is 0.827. The first-order valence-corrected chi connectivity index (χ1v) is 8.94. The first-order chi connectivity index (χ1) is 11.8. The highest BCUT2D eigenvalue weighted by molar-refractivity contribution is 7.13. The van der Waals surface area contributed by atoms with Crippen molar-refractivity contribution in [2.24, 2.45) is 0 Å². The average molecular weight is 361 g/mol. The van der Waals surface area contributed by atoms with Crippen LogP contribution in [0.25, 0.3) is 10.6 Å². The minimum Gasteiger partial charge on any atom is -0.444 e. The number of alkyl carbamates (subject to hydrolysis) is 1. The zero-order valence-electron chi connectivity index (χ0n) is 14.7. The fourth-order valence-electron chi connectivity index (χ4n) is 2.01. The molecule has 1 heterocycles. The number of rotatable bonds is 6. The number of hydrogen-bond acceptors (Lipinski definition) is 5. The van der Waals surface area contributed by atoms with Gasteiger partial charge in [0.25, 0.3) is 0 Å². The third kappa shape index (κ3) is 6.93. The molecular weight excluding hydrogens is 338 g/mol. The first-order valence-electron chi connectivity index (χ1n) is 8.06. The Balaban J connectivity index is 1.69. The normalized spacial score (nSPS) is 11.0. The molecule has 0 atom stereocenters. The highest BCUT2D eigenvalue weighted by atomic mass is 32.1. The Morgan fingerprint density at radius 2 is 1.88 bits per heavy atom. The molecule has 2 aromatic rings. The van der Waals surface area contributed by atoms with Crippen molar-refractivity contribution in [2.75, 3.05) is 6.54 Å². The molecule has 0 saturated heterocycles. The Labute approximate surface area is 151 Å². The Hall–Kier alpha value is -2.41. The number of thiazole rings is 1. The maximum absolute atomic E-state index is 11.8. The van der Waals surface area contributed by atoms with Crippen molar-refractivity contribution in [3.05, 3.63) is 41.4 Å². The van der Waals surface area contributed by atoms with E-state index in [-0.39, 0.29) is 18.9 Å². The molecule has 7 heteroatoms. The van der Waals surface area contributed by atoms with Gasteiger partial charge in [-0.15, -0.1) is 11.3 Å². The number of hydrogen-bond donors (Lipinski definition) is 2. The summed E-state index contributed by atoms with van der Waals surface area (Å²) in [5.74, 6) is -0.125. The zero-order chi connectivity index (χ0) is 18.3. The van der Waals surface area contributed by atoms with E-state index in [1.54, 1.807) is 38.3 Å². The van der Waals surface area contributed by atoms with Gasteiger partial charge in [0.1, 0.15) is 10.6 Å². The molecule has 0 fully saturated rings. The standard InChI is InChI=1S/C18H23N3O3S/c1-18(2,3)24-17(23)20-9-8-15(22)21-12-13-4-6-14(7-5-13)16-19-10-11-25-16/h4-7,10-11H,8-9,12H2,1-3H3,(H,20,23)(H,21,22). The molecule has 0 aliphatic carbocycles. The SMILES string of the molecule is CC(C)(C)OC(=O)NCCC(=O)NCc1ccc(-c2nccs2)cc1. The van der Waals surface area contributed by atoms with Crippen LogP contribution in [0.3, 0.4) is 0 Å². The molecule has 0 aliphatic heterocycles. The Kier molecular flexibility index (Phi) is 6.52. The third-order valence-corrected chi connectivity index (χ3v) is 3.97. The number of nitrogens with one attached hydrogen (secondary N) is 2. The van der Waals surface area contributed by atoms with Gasteiger partial charge in [0.05, 0.1) is 0 Å². The van der Waals surface area contributed by atoms with Gasteiger partial charge in [-0.05, 0) is 26.3 Å². The predicted molar refractivity (Wildman–Crippen MR) is 98.3 cm³/mol. The van der Waals surface area contributed by atoms with Gasteiger partial charge in [0, 0.05) is 36.7 Å². The van der Waals surface area contributed by atoms with Crippen molar-refractivity contribution in [3.63, 3.8) is 0 Å². The summed E-state index contributed by atoms with van der Waals surface area (Å²) in [6.07, 6.45) is 1.47. The van der Waals surface area contributed by atoms with E-state index in [2.05, 4.69) is 15.6 Å². The van der Waals surface area contributed by atoms with Crippen LogP contribution in [0, 0.1) is 0 Å². The molecule has 25 heavy (non-hydrogen) atoms. The number of nitrogens with zero attached hydrogens (tertiary/aromatic N) is 1. The second-order valence-corrected chi connectivity index (χ2v) is 7.38. The molecule has 0 unspecified atom stereocenters. The molecule has 0 radical (unpaired) electrons. The molecule has 0 saturated carbocycles. The van der Waals surface area contributed by atoms with Crippen LogP contribution in [0.5, 0.6) is 0 Å². The van der Waals surface area contributed by atoms with Crippen LogP contribution in [-0.2, 0) is 16.1 Å². The number of carbonyl (C=O) groups is 2. The van der Waals surface area contributed by atoms with Crippen molar-refractivity contribution >= 4 is 23.3 Å². The summed E-state index contributed by atoms with van der Waals surface area (Å²) in [5.41, 5.74) is 1.53. The van der Waals surface area contributed by atoms with Gasteiger partial charge in [-0.2, -0.15) is 0 Å². The zero-order valence-corrected chi connectivity index (χ0v) is 15.5. The van der Waals surface area contributed by atoms with Gasteiger partial charge in [0.15, 0.2) is 0 Å². The van der Waals surface area contributed by atoms with Crippen LogP contribution in [0.4, 0.5) is 4.79 Å². The molecule has 2 amide bonds. The van der Waals surface area contributed by atoms with Crippen LogP contribution in [0.2, 0.25) is 0 Å². The highest BCUT2D eigenvalue weighted by Crippen LogP contribution is 2.21. The third-order valence-electron chi connectivity index (χ3n) is 3.14. The highest BCUT2D eigenvalue weighted by Gasteiger charge is 2.15. The van der Waals surface area contributed by atoms with E-state index < -0.39 is 11.7 Å². The summed E-state index contributed by atoms with van der Waals surface area (Å²) in [6.45, 7) is 6.06. The lowest BCUT2D eigenvalue weighted by Crippen LogP contribution is -2.35. The molecule has 1 aromatic heterocycles. The lowest BCUT2D eigenvalue weighted by Gasteiger charge is -2.19. The van der Waals surface area contributed by atoms with Crippen LogP contribution in [-0.4, -0.2) is 29.1 Å². The Morgan fingerprint density at radius 3 is 2.48 bits per heavy atom. The van der Waals surface area contributed by atoms with Crippen molar-refractivity contribution in [2.45, 2.75) is 39.3 Å². The van der Waals surface area contributed by atoms with E-state index in [4.69, 9.17) is 4.74 Å². The van der Waals surface area contributed by atoms with Crippen LogP contribution in [0.1, 0.15) is 32.8 Å². The van der Waals surface area contributed by atoms with Gasteiger partial charge in [-0.1, -0.05) is 24.3 Å². The summed E-state index contributed by atoms with van der Waals surface area (Å²) < 4.78 is 5.10. The van der Waals surface area contributed by atoms with Gasteiger partial charge < -0.3 is 15.4 Å². The molecule has 6 nitrogen and oxygen atoms in total. The molecule has 134 valence electrons. The van der Waals surface area contributed by atoms with Crippen LogP contribution in [0.15, 0.2) is 35.8 Å². The van der Waals surface area contributed by atoms with Crippen molar-refractivity contribution in [3.8, 4) is 10.6 Å². The molecule has 0 aliphatic rings. The van der Waals surface area contributed by atoms with E-state index in [1.165, 1.54) is 0 Å². The fourth-order valence-corrected chi connectivity index (χ4v) is 2.66. The Bertz CT molecular complexity index is 691. The molecule has 1 aromatic carbocycles. The topological polar surface area (TPSA) is 80.3 Å². The van der Waals surface area contributed by atoms with Gasteiger partial charge in [-0.3, -0.25) is 4.79 Å². The fraction of sp³-hybridized carbons (Fsp3) is 0.389.